The Morgan fingerprint density at radius 1 is 1.29 bits per heavy atom. The van der Waals surface area contributed by atoms with Crippen LogP contribution in [0.15, 0.2) is 6.07 Å². The zero-order valence-electron chi connectivity index (χ0n) is 15.0. The van der Waals surface area contributed by atoms with E-state index >= 15 is 0 Å². The Morgan fingerprint density at radius 3 is 2.62 bits per heavy atom. The van der Waals surface area contributed by atoms with Gasteiger partial charge in [-0.15, -0.1) is 0 Å². The third kappa shape index (κ3) is 4.66. The molecule has 1 aliphatic heterocycles. The summed E-state index contributed by atoms with van der Waals surface area (Å²) in [6.45, 7) is 9.31. The third-order valence-electron chi connectivity index (χ3n) is 3.81. The molecule has 1 aromatic heterocycles. The summed E-state index contributed by atoms with van der Waals surface area (Å²) < 4.78 is 11.1. The van der Waals surface area contributed by atoms with Crippen molar-refractivity contribution in [2.24, 2.45) is 0 Å². The van der Waals surface area contributed by atoms with Gasteiger partial charge in [-0.25, -0.2) is 4.98 Å². The Labute approximate surface area is 142 Å². The van der Waals surface area contributed by atoms with Gasteiger partial charge in [-0.05, 0) is 40.5 Å². The first kappa shape index (κ1) is 18.2. The van der Waals surface area contributed by atoms with Gasteiger partial charge in [0, 0.05) is 25.2 Å². The minimum atomic E-state index is -1.17. The van der Waals surface area contributed by atoms with Gasteiger partial charge in [0.1, 0.15) is 11.9 Å². The predicted octanol–water partition coefficient (Wildman–Crippen LogP) is 1.80. The van der Waals surface area contributed by atoms with Crippen LogP contribution in [0.25, 0.3) is 0 Å². The molecule has 1 saturated heterocycles. The number of esters is 1. The summed E-state index contributed by atoms with van der Waals surface area (Å²) in [7, 11) is 0. The average Bonchev–Trinajstić information content (AvgIpc) is 2.44. The summed E-state index contributed by atoms with van der Waals surface area (Å²) in [5.74, 6) is 0.509. The van der Waals surface area contributed by atoms with E-state index < -0.39 is 11.6 Å². The van der Waals surface area contributed by atoms with E-state index in [0.29, 0.717) is 24.8 Å². The molecule has 1 aromatic rings. The molecule has 2 rings (SSSR count). The molecule has 7 heteroatoms. The predicted molar refractivity (Wildman–Crippen MR) is 87.6 cm³/mol. The zero-order valence-corrected chi connectivity index (χ0v) is 15.0. The molecule has 0 bridgehead atoms. The smallest absolute Gasteiger partial charge is 0.303 e. The number of ether oxygens (including phenoxy) is 2. The third-order valence-corrected chi connectivity index (χ3v) is 3.81. The zero-order chi connectivity index (χ0) is 17.9. The minimum absolute atomic E-state index is 0.135. The van der Waals surface area contributed by atoms with E-state index in [9.17, 15) is 9.59 Å². The van der Waals surface area contributed by atoms with Gasteiger partial charge < -0.3 is 14.4 Å². The number of hydrogen-bond donors (Lipinski definition) is 0. The second kappa shape index (κ2) is 7.15. The molecule has 1 amide bonds. The van der Waals surface area contributed by atoms with Crippen LogP contribution in [0.1, 0.15) is 45.1 Å². The number of amides is 1. The lowest BCUT2D eigenvalue weighted by molar-refractivity contribution is -0.169. The highest BCUT2D eigenvalue weighted by Gasteiger charge is 2.37. The number of nitrogens with zero attached hydrogens (tertiary/aromatic N) is 3. The molecule has 0 aromatic carbocycles. The van der Waals surface area contributed by atoms with Gasteiger partial charge in [-0.2, -0.15) is 4.98 Å². The van der Waals surface area contributed by atoms with Crippen molar-refractivity contribution in [3.05, 3.63) is 17.6 Å². The molecule has 24 heavy (non-hydrogen) atoms. The summed E-state index contributed by atoms with van der Waals surface area (Å²) in [5, 5.41) is 0. The van der Waals surface area contributed by atoms with Gasteiger partial charge in [-0.3, -0.25) is 9.59 Å². The summed E-state index contributed by atoms with van der Waals surface area (Å²) in [5.41, 5.74) is -0.326. The highest BCUT2D eigenvalue weighted by molar-refractivity contribution is 5.86. The lowest BCUT2D eigenvalue weighted by Gasteiger charge is -2.36. The highest BCUT2D eigenvalue weighted by atomic mass is 16.6. The van der Waals surface area contributed by atoms with Crippen LogP contribution in [0.2, 0.25) is 0 Å². The molecular weight excluding hydrogens is 310 g/mol. The Kier molecular flexibility index (Phi) is 5.41. The van der Waals surface area contributed by atoms with E-state index in [1.165, 1.54) is 6.92 Å². The van der Waals surface area contributed by atoms with Gasteiger partial charge in [0.15, 0.2) is 5.60 Å². The normalized spacial score (nSPS) is 18.2. The number of likely N-dealkylation sites (tertiary alicyclic amines) is 1. The number of piperidine rings is 1. The van der Waals surface area contributed by atoms with Crippen LogP contribution in [0.3, 0.4) is 0 Å². The number of hydrogen-bond acceptors (Lipinski definition) is 6. The molecule has 0 saturated carbocycles. The molecule has 132 valence electrons. The first-order valence-electron chi connectivity index (χ1n) is 8.15. The minimum Gasteiger partial charge on any atom is -0.472 e. The lowest BCUT2D eigenvalue weighted by Crippen LogP contribution is -2.53. The van der Waals surface area contributed by atoms with Crippen molar-refractivity contribution in [2.75, 3.05) is 13.1 Å². The van der Waals surface area contributed by atoms with Crippen LogP contribution in [0, 0.1) is 13.8 Å². The summed E-state index contributed by atoms with van der Waals surface area (Å²) in [6, 6.07) is 1.79. The summed E-state index contributed by atoms with van der Waals surface area (Å²) in [4.78, 5) is 34.0. The van der Waals surface area contributed by atoms with Gasteiger partial charge >= 0.3 is 5.97 Å². The van der Waals surface area contributed by atoms with Crippen molar-refractivity contribution < 1.29 is 19.1 Å². The number of carbonyl (C=O) groups excluding carboxylic acids is 2. The summed E-state index contributed by atoms with van der Waals surface area (Å²) in [6.07, 6.45) is 1.54. The van der Waals surface area contributed by atoms with Crippen LogP contribution in [0.4, 0.5) is 0 Å². The van der Waals surface area contributed by atoms with Crippen molar-refractivity contribution in [3.63, 3.8) is 0 Å². The molecule has 2 heterocycles. The first-order chi connectivity index (χ1) is 11.2. The van der Waals surface area contributed by atoms with Crippen LogP contribution in [-0.4, -0.2) is 51.5 Å². The Hall–Kier alpha value is -2.18. The topological polar surface area (TPSA) is 81.6 Å². The van der Waals surface area contributed by atoms with Gasteiger partial charge in [0.25, 0.3) is 5.91 Å². The number of aromatic nitrogens is 2. The van der Waals surface area contributed by atoms with E-state index in [0.717, 1.165) is 18.5 Å². The van der Waals surface area contributed by atoms with Gasteiger partial charge in [0.2, 0.25) is 5.88 Å². The molecule has 1 aliphatic rings. The maximum absolute atomic E-state index is 12.6. The Bertz CT molecular complexity index is 610. The second-order valence-electron chi connectivity index (χ2n) is 6.63. The fourth-order valence-corrected chi connectivity index (χ4v) is 2.92. The van der Waals surface area contributed by atoms with E-state index in [1.54, 1.807) is 24.8 Å². The van der Waals surface area contributed by atoms with Crippen LogP contribution >= 0.6 is 0 Å². The molecule has 0 N–H and O–H groups in total. The molecule has 0 spiro atoms. The van der Waals surface area contributed by atoms with Crippen molar-refractivity contribution in [2.45, 2.75) is 59.2 Å². The maximum atomic E-state index is 12.6. The molecular formula is C17H25N3O4. The molecule has 1 fully saturated rings. The highest BCUT2D eigenvalue weighted by Crippen LogP contribution is 2.21. The SMILES string of the molecule is CC(=O)OC(C)(C)C(=O)N1CCC[C@H](Oc2cc(C)nc(C)n2)C1. The number of rotatable bonds is 4. The van der Waals surface area contributed by atoms with Crippen LogP contribution < -0.4 is 4.74 Å². The molecule has 1 atom stereocenters. The molecule has 7 nitrogen and oxygen atoms in total. The fraction of sp³-hybridized carbons (Fsp3) is 0.647. The van der Waals surface area contributed by atoms with Crippen LogP contribution in [0.5, 0.6) is 5.88 Å². The van der Waals surface area contributed by atoms with Gasteiger partial charge in [-0.1, -0.05) is 0 Å². The maximum Gasteiger partial charge on any atom is 0.303 e. The Balaban J connectivity index is 2.03. The molecule has 0 aliphatic carbocycles. The van der Waals surface area contributed by atoms with Crippen molar-refractivity contribution in [3.8, 4) is 5.88 Å². The van der Waals surface area contributed by atoms with Crippen molar-refractivity contribution in [1.29, 1.82) is 0 Å². The monoisotopic (exact) mass is 335 g/mol. The quantitative estimate of drug-likeness (QED) is 0.781. The second-order valence-corrected chi connectivity index (χ2v) is 6.63. The molecule has 0 unspecified atom stereocenters. The first-order valence-corrected chi connectivity index (χ1v) is 8.15. The van der Waals surface area contributed by atoms with Crippen molar-refractivity contribution >= 4 is 11.9 Å². The molecule has 0 radical (unpaired) electrons. The van der Waals surface area contributed by atoms with Crippen LogP contribution in [-0.2, 0) is 14.3 Å². The standard InChI is InChI=1S/C17H25N3O4/c1-11-9-15(19-12(2)18-11)23-14-7-6-8-20(10-14)16(22)17(4,5)24-13(3)21/h9,14H,6-8,10H2,1-5H3/t14-/m0/s1. The summed E-state index contributed by atoms with van der Waals surface area (Å²) >= 11 is 0. The average molecular weight is 335 g/mol. The van der Waals surface area contributed by atoms with Crippen molar-refractivity contribution in [1.82, 2.24) is 14.9 Å². The van der Waals surface area contributed by atoms with E-state index in [1.807, 2.05) is 13.8 Å². The Morgan fingerprint density at radius 2 is 2.00 bits per heavy atom. The lowest BCUT2D eigenvalue weighted by atomic mass is 10.0. The van der Waals surface area contributed by atoms with E-state index in [4.69, 9.17) is 9.47 Å². The number of carbonyl (C=O) groups is 2. The largest absolute Gasteiger partial charge is 0.472 e. The van der Waals surface area contributed by atoms with E-state index in [2.05, 4.69) is 9.97 Å². The fourth-order valence-electron chi connectivity index (χ4n) is 2.92. The van der Waals surface area contributed by atoms with E-state index in [-0.39, 0.29) is 12.0 Å². The van der Waals surface area contributed by atoms with Gasteiger partial charge in [0.05, 0.1) is 6.54 Å². The number of aryl methyl sites for hydroxylation is 2.